The van der Waals surface area contributed by atoms with Crippen LogP contribution in [0.4, 0.5) is 0 Å². The van der Waals surface area contributed by atoms with Gasteiger partial charge >= 0.3 is 11.9 Å². The minimum Gasteiger partial charge on any atom is -0.508 e. The average Bonchev–Trinajstić information content (AvgIpc) is 3.66. The van der Waals surface area contributed by atoms with Crippen LogP contribution in [-0.2, 0) is 43.2 Å². The fourth-order valence-electron chi connectivity index (χ4n) is 3.95. The van der Waals surface area contributed by atoms with Gasteiger partial charge in [0.15, 0.2) is 0 Å². The number of aromatic hydroxyl groups is 1. The van der Waals surface area contributed by atoms with Gasteiger partial charge in [0.25, 0.3) is 0 Å². The second-order valence-corrected chi connectivity index (χ2v) is 9.49. The third-order valence-electron chi connectivity index (χ3n) is 6.22. The fourth-order valence-corrected chi connectivity index (χ4v) is 3.95. The number of phenolic OH excluding ortho intramolecular Hbond substituents is 1. The highest BCUT2D eigenvalue weighted by molar-refractivity contribution is 5.94. The molecular formula is C26H32N8O8. The van der Waals surface area contributed by atoms with Gasteiger partial charge < -0.3 is 47.0 Å². The Bertz CT molecular complexity index is 1350. The maximum atomic E-state index is 13.4. The van der Waals surface area contributed by atoms with E-state index in [2.05, 4.69) is 35.9 Å². The van der Waals surface area contributed by atoms with E-state index in [1.165, 1.54) is 49.3 Å². The van der Waals surface area contributed by atoms with Crippen molar-refractivity contribution in [3.63, 3.8) is 0 Å². The molecule has 0 aliphatic heterocycles. The number of carbonyl (C=O) groups excluding carboxylic acids is 3. The number of hydrogen-bond acceptors (Lipinski definition) is 9. The molecule has 224 valence electrons. The third kappa shape index (κ3) is 9.74. The maximum absolute atomic E-state index is 13.4. The molecule has 16 heteroatoms. The highest BCUT2D eigenvalue weighted by Gasteiger charge is 2.31. The number of nitrogens with one attached hydrogen (secondary N) is 5. The lowest BCUT2D eigenvalue weighted by Crippen LogP contribution is -2.58. The highest BCUT2D eigenvalue weighted by Crippen LogP contribution is 2.12. The van der Waals surface area contributed by atoms with Crippen molar-refractivity contribution in [1.29, 1.82) is 0 Å². The number of amides is 3. The molecule has 0 spiro atoms. The van der Waals surface area contributed by atoms with E-state index in [1.807, 2.05) is 0 Å². The van der Waals surface area contributed by atoms with E-state index in [0.717, 1.165) is 0 Å². The van der Waals surface area contributed by atoms with Crippen molar-refractivity contribution >= 4 is 29.7 Å². The third-order valence-corrected chi connectivity index (χ3v) is 6.22. The van der Waals surface area contributed by atoms with E-state index < -0.39 is 53.8 Å². The van der Waals surface area contributed by atoms with Crippen molar-refractivity contribution in [2.24, 2.45) is 5.73 Å². The molecule has 0 fully saturated rings. The number of hydrogen-bond donors (Lipinski definition) is 9. The Kier molecular flexibility index (Phi) is 11.1. The van der Waals surface area contributed by atoms with Gasteiger partial charge in [-0.05, 0) is 24.1 Å². The second kappa shape index (κ2) is 14.9. The fraction of sp³-hybridized carbons (Fsp3) is 0.346. The number of nitrogens with two attached hydrogens (primary N) is 1. The molecule has 3 amide bonds. The van der Waals surface area contributed by atoms with Gasteiger partial charge in [-0.15, -0.1) is 0 Å². The van der Waals surface area contributed by atoms with E-state index in [9.17, 15) is 34.2 Å². The summed E-state index contributed by atoms with van der Waals surface area (Å²) in [6.45, 7) is 0. The zero-order valence-corrected chi connectivity index (χ0v) is 22.3. The van der Waals surface area contributed by atoms with Crippen LogP contribution in [0.5, 0.6) is 5.75 Å². The molecule has 0 aliphatic rings. The number of nitrogens with zero attached hydrogens (tertiary/aromatic N) is 2. The van der Waals surface area contributed by atoms with Crippen LogP contribution >= 0.6 is 0 Å². The summed E-state index contributed by atoms with van der Waals surface area (Å²) in [5.74, 6) is -4.82. The highest BCUT2D eigenvalue weighted by atomic mass is 16.4. The van der Waals surface area contributed by atoms with Crippen LogP contribution in [0.1, 0.15) is 29.8 Å². The minimum absolute atomic E-state index is 0.00314. The first-order chi connectivity index (χ1) is 20.0. The van der Waals surface area contributed by atoms with Crippen LogP contribution in [-0.4, -0.2) is 89.1 Å². The second-order valence-electron chi connectivity index (χ2n) is 9.49. The molecule has 42 heavy (non-hydrogen) atoms. The number of carbonyl (C=O) groups is 5. The van der Waals surface area contributed by atoms with Gasteiger partial charge in [0, 0.05) is 49.5 Å². The summed E-state index contributed by atoms with van der Waals surface area (Å²) in [4.78, 5) is 75.7. The normalized spacial score (nSPS) is 13.7. The summed E-state index contributed by atoms with van der Waals surface area (Å²) in [5.41, 5.74) is 7.29. The zero-order chi connectivity index (χ0) is 30.6. The van der Waals surface area contributed by atoms with Crippen LogP contribution in [0.2, 0.25) is 0 Å². The van der Waals surface area contributed by atoms with Crippen molar-refractivity contribution in [3.8, 4) is 5.75 Å². The molecule has 10 N–H and O–H groups in total. The zero-order valence-electron chi connectivity index (χ0n) is 22.3. The molecule has 0 saturated carbocycles. The molecular weight excluding hydrogens is 552 g/mol. The first kappa shape index (κ1) is 31.3. The van der Waals surface area contributed by atoms with Gasteiger partial charge in [0.05, 0.1) is 18.7 Å². The smallest absolute Gasteiger partial charge is 0.326 e. The van der Waals surface area contributed by atoms with Gasteiger partial charge in [-0.3, -0.25) is 19.2 Å². The number of H-pyrrole nitrogens is 2. The SMILES string of the molecule is NC(CCC(=O)O)C(=O)NC(Cc1cnc[nH]1)C(=O)NC(Cc1cnc[nH]1)C(=O)NC(Cc1ccc(O)cc1)C(=O)O. The number of phenols is 1. The molecule has 0 aliphatic carbocycles. The summed E-state index contributed by atoms with van der Waals surface area (Å²) in [6.07, 6.45) is 4.84. The minimum atomic E-state index is -1.36. The van der Waals surface area contributed by atoms with Crippen molar-refractivity contribution < 1.29 is 39.3 Å². The topological polar surface area (TPSA) is 266 Å². The summed E-state index contributed by atoms with van der Waals surface area (Å²) >= 11 is 0. The number of rotatable bonds is 16. The van der Waals surface area contributed by atoms with E-state index >= 15 is 0 Å². The first-order valence-electron chi connectivity index (χ1n) is 12.9. The van der Waals surface area contributed by atoms with Crippen LogP contribution in [0.3, 0.4) is 0 Å². The van der Waals surface area contributed by atoms with Crippen LogP contribution in [0.15, 0.2) is 49.3 Å². The summed E-state index contributed by atoms with van der Waals surface area (Å²) in [5, 5.41) is 35.6. The Morgan fingerprint density at radius 2 is 1.26 bits per heavy atom. The predicted octanol–water partition coefficient (Wildman–Crippen LogP) is -1.40. The molecule has 0 bridgehead atoms. The lowest BCUT2D eigenvalue weighted by Gasteiger charge is -2.25. The van der Waals surface area contributed by atoms with Gasteiger partial charge in [0.1, 0.15) is 23.9 Å². The van der Waals surface area contributed by atoms with E-state index in [4.69, 9.17) is 10.8 Å². The predicted molar refractivity (Wildman–Crippen MR) is 145 cm³/mol. The number of imidazole rings is 2. The van der Waals surface area contributed by atoms with E-state index in [1.54, 1.807) is 0 Å². The average molecular weight is 585 g/mol. The molecule has 0 radical (unpaired) electrons. The van der Waals surface area contributed by atoms with Crippen molar-refractivity contribution in [3.05, 3.63) is 66.3 Å². The Labute approximate surface area is 239 Å². The number of aromatic amines is 2. The number of carboxylic acids is 2. The Balaban J connectivity index is 1.78. The van der Waals surface area contributed by atoms with E-state index in [-0.39, 0.29) is 37.9 Å². The summed E-state index contributed by atoms with van der Waals surface area (Å²) in [7, 11) is 0. The van der Waals surface area contributed by atoms with Gasteiger partial charge in [-0.2, -0.15) is 0 Å². The molecule has 4 unspecified atom stereocenters. The van der Waals surface area contributed by atoms with Crippen LogP contribution in [0.25, 0.3) is 0 Å². The van der Waals surface area contributed by atoms with Gasteiger partial charge in [-0.25, -0.2) is 14.8 Å². The molecule has 16 nitrogen and oxygen atoms in total. The van der Waals surface area contributed by atoms with E-state index in [0.29, 0.717) is 17.0 Å². The molecule has 2 aromatic heterocycles. The quantitative estimate of drug-likeness (QED) is 0.0944. The van der Waals surface area contributed by atoms with Crippen molar-refractivity contribution in [2.75, 3.05) is 0 Å². The van der Waals surface area contributed by atoms with Crippen molar-refractivity contribution in [1.82, 2.24) is 35.9 Å². The lowest BCUT2D eigenvalue weighted by atomic mass is 10.0. The molecule has 2 heterocycles. The Hall–Kier alpha value is -5.25. The molecule has 3 rings (SSSR count). The molecule has 4 atom stereocenters. The summed E-state index contributed by atoms with van der Waals surface area (Å²) in [6, 6.07) is 0.697. The Morgan fingerprint density at radius 1 is 0.762 bits per heavy atom. The monoisotopic (exact) mass is 584 g/mol. The summed E-state index contributed by atoms with van der Waals surface area (Å²) < 4.78 is 0. The molecule has 3 aromatic rings. The van der Waals surface area contributed by atoms with Crippen LogP contribution in [0, 0.1) is 0 Å². The number of carboxylic acid groups (broad SMARTS) is 2. The number of aromatic nitrogens is 4. The van der Waals surface area contributed by atoms with Crippen LogP contribution < -0.4 is 21.7 Å². The van der Waals surface area contributed by atoms with Gasteiger partial charge in [0.2, 0.25) is 17.7 Å². The number of benzene rings is 1. The largest absolute Gasteiger partial charge is 0.508 e. The number of aliphatic carboxylic acids is 2. The lowest BCUT2D eigenvalue weighted by molar-refractivity contribution is -0.142. The van der Waals surface area contributed by atoms with Gasteiger partial charge in [-0.1, -0.05) is 12.1 Å². The van der Waals surface area contributed by atoms with Crippen molar-refractivity contribution in [2.45, 2.75) is 56.3 Å². The first-order valence-corrected chi connectivity index (χ1v) is 12.9. The molecule has 0 saturated heterocycles. The molecule has 1 aromatic carbocycles. The maximum Gasteiger partial charge on any atom is 0.326 e. The standard InChI is InChI=1S/C26H32N8O8/c27-18(5-6-22(36)37)23(38)32-19(8-15-10-28-12-30-15)24(39)33-20(9-16-11-29-13-31-16)25(40)34-21(26(41)42)7-14-1-3-17(35)4-2-14/h1-4,10-13,18-21,35H,5-9,27H2,(H,28,30)(H,29,31)(H,32,38)(H,33,39)(H,34,40)(H,36,37)(H,41,42). The Morgan fingerprint density at radius 3 is 1.71 bits per heavy atom.